The van der Waals surface area contributed by atoms with Crippen molar-refractivity contribution >= 4 is 23.3 Å². The van der Waals surface area contributed by atoms with E-state index in [-0.39, 0.29) is 0 Å². The van der Waals surface area contributed by atoms with E-state index >= 15 is 0 Å². The van der Waals surface area contributed by atoms with Crippen molar-refractivity contribution in [2.24, 2.45) is 0 Å². The molecule has 16 heavy (non-hydrogen) atoms. The van der Waals surface area contributed by atoms with Crippen molar-refractivity contribution in [3.05, 3.63) is 6.33 Å². The summed E-state index contributed by atoms with van der Waals surface area (Å²) >= 11 is 3.19. The standard InChI is InChI=1S/C10H19N3OS2/c1-2-3-6-14-7-4-11-5-8-15-10-12-9-13-16-10/h9,11H,2-8H2,1H3. The quantitative estimate of drug-likeness (QED) is 0.516. The maximum Gasteiger partial charge on any atom is 0.169 e. The van der Waals surface area contributed by atoms with E-state index in [1.165, 1.54) is 18.0 Å². The largest absolute Gasteiger partial charge is 0.380 e. The topological polar surface area (TPSA) is 47.0 Å². The summed E-state index contributed by atoms with van der Waals surface area (Å²) in [6.45, 7) is 5.79. The van der Waals surface area contributed by atoms with Crippen LogP contribution in [0.1, 0.15) is 19.8 Å². The number of hydrogen-bond donors (Lipinski definition) is 1. The van der Waals surface area contributed by atoms with Gasteiger partial charge in [-0.2, -0.15) is 4.37 Å². The lowest BCUT2D eigenvalue weighted by Crippen LogP contribution is -2.22. The Balaban J connectivity index is 1.78. The lowest BCUT2D eigenvalue weighted by atomic mass is 10.4. The van der Waals surface area contributed by atoms with E-state index in [1.807, 2.05) is 0 Å². The van der Waals surface area contributed by atoms with Crippen molar-refractivity contribution < 1.29 is 4.74 Å². The fourth-order valence-corrected chi connectivity index (χ4v) is 2.47. The summed E-state index contributed by atoms with van der Waals surface area (Å²) in [6, 6.07) is 0. The zero-order chi connectivity index (χ0) is 11.5. The molecule has 0 aliphatic rings. The van der Waals surface area contributed by atoms with Crippen LogP contribution in [-0.4, -0.2) is 41.4 Å². The monoisotopic (exact) mass is 261 g/mol. The van der Waals surface area contributed by atoms with Gasteiger partial charge in [0.2, 0.25) is 0 Å². The van der Waals surface area contributed by atoms with Gasteiger partial charge in [0.1, 0.15) is 6.33 Å². The van der Waals surface area contributed by atoms with Gasteiger partial charge >= 0.3 is 0 Å². The molecule has 1 aromatic rings. The molecule has 0 saturated carbocycles. The molecule has 0 unspecified atom stereocenters. The van der Waals surface area contributed by atoms with E-state index in [1.54, 1.807) is 18.1 Å². The van der Waals surface area contributed by atoms with Crippen LogP contribution in [0.2, 0.25) is 0 Å². The molecule has 92 valence electrons. The molecule has 0 saturated heterocycles. The van der Waals surface area contributed by atoms with Crippen LogP contribution in [0.4, 0.5) is 0 Å². The molecule has 0 fully saturated rings. The number of nitrogens with zero attached hydrogens (tertiary/aromatic N) is 2. The first-order chi connectivity index (χ1) is 7.93. The summed E-state index contributed by atoms with van der Waals surface area (Å²) in [5.41, 5.74) is 0. The zero-order valence-electron chi connectivity index (χ0n) is 9.65. The zero-order valence-corrected chi connectivity index (χ0v) is 11.3. The highest BCUT2D eigenvalue weighted by Gasteiger charge is 1.96. The summed E-state index contributed by atoms with van der Waals surface area (Å²) in [6.07, 6.45) is 3.96. The van der Waals surface area contributed by atoms with Gasteiger partial charge in [0.05, 0.1) is 6.61 Å². The summed E-state index contributed by atoms with van der Waals surface area (Å²) in [5, 5.41) is 3.34. The Morgan fingerprint density at radius 3 is 3.12 bits per heavy atom. The number of unbranched alkanes of at least 4 members (excludes halogenated alkanes) is 1. The number of rotatable bonds is 10. The first-order valence-electron chi connectivity index (χ1n) is 5.61. The van der Waals surface area contributed by atoms with E-state index in [9.17, 15) is 0 Å². The van der Waals surface area contributed by atoms with Gasteiger partial charge < -0.3 is 10.1 Å². The normalized spacial score (nSPS) is 10.8. The fraction of sp³-hybridized carbons (Fsp3) is 0.800. The molecule has 1 N–H and O–H groups in total. The third-order valence-corrected chi connectivity index (χ3v) is 3.71. The third-order valence-electron chi connectivity index (χ3n) is 1.91. The van der Waals surface area contributed by atoms with Crippen LogP contribution in [0.3, 0.4) is 0 Å². The molecule has 0 aliphatic heterocycles. The van der Waals surface area contributed by atoms with Gasteiger partial charge in [0.25, 0.3) is 0 Å². The smallest absolute Gasteiger partial charge is 0.169 e. The summed E-state index contributed by atoms with van der Waals surface area (Å²) in [7, 11) is 0. The Kier molecular flexibility index (Phi) is 8.70. The molecule has 0 aromatic carbocycles. The summed E-state index contributed by atoms with van der Waals surface area (Å²) in [4.78, 5) is 4.10. The van der Waals surface area contributed by atoms with Crippen LogP contribution in [-0.2, 0) is 4.74 Å². The predicted molar refractivity (Wildman–Crippen MR) is 69.2 cm³/mol. The molecule has 1 aromatic heterocycles. The van der Waals surface area contributed by atoms with Crippen molar-refractivity contribution in [3.63, 3.8) is 0 Å². The number of thioether (sulfide) groups is 1. The average molecular weight is 261 g/mol. The van der Waals surface area contributed by atoms with Crippen LogP contribution in [0.15, 0.2) is 10.7 Å². The lowest BCUT2D eigenvalue weighted by molar-refractivity contribution is 0.133. The highest BCUT2D eigenvalue weighted by Crippen LogP contribution is 2.16. The lowest BCUT2D eigenvalue weighted by Gasteiger charge is -2.04. The number of hydrogen-bond acceptors (Lipinski definition) is 6. The molecule has 0 atom stereocenters. The molecule has 0 radical (unpaired) electrons. The fourth-order valence-electron chi connectivity index (χ4n) is 1.05. The first kappa shape index (κ1) is 13.9. The second kappa shape index (κ2) is 10.0. The minimum atomic E-state index is 0.809. The number of aromatic nitrogens is 2. The maximum atomic E-state index is 5.44. The summed E-state index contributed by atoms with van der Waals surface area (Å²) < 4.78 is 10.4. The minimum Gasteiger partial charge on any atom is -0.380 e. The summed E-state index contributed by atoms with van der Waals surface area (Å²) in [5.74, 6) is 1.03. The van der Waals surface area contributed by atoms with Gasteiger partial charge in [-0.15, -0.1) is 0 Å². The SMILES string of the molecule is CCCCOCCNCCSc1ncns1. The maximum absolute atomic E-state index is 5.44. The van der Waals surface area contributed by atoms with Crippen molar-refractivity contribution in [2.45, 2.75) is 24.1 Å². The number of ether oxygens (including phenoxy) is 1. The molecule has 0 bridgehead atoms. The highest BCUT2D eigenvalue weighted by atomic mass is 32.2. The van der Waals surface area contributed by atoms with Gasteiger partial charge in [-0.05, 0) is 18.0 Å². The van der Waals surface area contributed by atoms with Crippen LogP contribution in [0, 0.1) is 0 Å². The first-order valence-corrected chi connectivity index (χ1v) is 7.37. The molecule has 4 nitrogen and oxygen atoms in total. The second-order valence-corrected chi connectivity index (χ2v) is 5.39. The van der Waals surface area contributed by atoms with Gasteiger partial charge in [0.15, 0.2) is 4.34 Å². The van der Waals surface area contributed by atoms with E-state index < -0.39 is 0 Å². The van der Waals surface area contributed by atoms with Crippen LogP contribution in [0.25, 0.3) is 0 Å². The van der Waals surface area contributed by atoms with E-state index in [4.69, 9.17) is 4.74 Å². The molecule has 0 spiro atoms. The molecular formula is C10H19N3OS2. The van der Waals surface area contributed by atoms with Crippen LogP contribution < -0.4 is 5.32 Å². The molecule has 6 heteroatoms. The Morgan fingerprint density at radius 2 is 2.38 bits per heavy atom. The van der Waals surface area contributed by atoms with E-state index in [0.29, 0.717) is 0 Å². The molecule has 1 heterocycles. The molecular weight excluding hydrogens is 242 g/mol. The third kappa shape index (κ3) is 7.16. The van der Waals surface area contributed by atoms with E-state index in [2.05, 4.69) is 21.6 Å². The highest BCUT2D eigenvalue weighted by molar-refractivity contribution is 8.00. The van der Waals surface area contributed by atoms with Gasteiger partial charge in [-0.25, -0.2) is 4.98 Å². The average Bonchev–Trinajstić information content (AvgIpc) is 2.80. The van der Waals surface area contributed by atoms with Crippen LogP contribution in [0.5, 0.6) is 0 Å². The number of nitrogens with one attached hydrogen (secondary N) is 1. The molecule has 0 amide bonds. The minimum absolute atomic E-state index is 0.809. The molecule has 0 aliphatic carbocycles. The van der Waals surface area contributed by atoms with Gasteiger partial charge in [-0.1, -0.05) is 25.1 Å². The van der Waals surface area contributed by atoms with E-state index in [0.717, 1.165) is 42.8 Å². The molecule has 1 rings (SSSR count). The van der Waals surface area contributed by atoms with Crippen LogP contribution >= 0.6 is 23.3 Å². The predicted octanol–water partition coefficient (Wildman–Crippen LogP) is 2.04. The Bertz CT molecular complexity index is 244. The Labute approximate surface area is 105 Å². The van der Waals surface area contributed by atoms with Crippen molar-refractivity contribution in [3.8, 4) is 0 Å². The Hall–Kier alpha value is -0.170. The van der Waals surface area contributed by atoms with Gasteiger partial charge in [-0.3, -0.25) is 0 Å². The van der Waals surface area contributed by atoms with Gasteiger partial charge in [0, 0.05) is 25.4 Å². The van der Waals surface area contributed by atoms with Crippen molar-refractivity contribution in [2.75, 3.05) is 32.1 Å². The van der Waals surface area contributed by atoms with Crippen molar-refractivity contribution in [1.82, 2.24) is 14.7 Å². The van der Waals surface area contributed by atoms with Crippen molar-refractivity contribution in [1.29, 1.82) is 0 Å². The second-order valence-electron chi connectivity index (χ2n) is 3.27. The Morgan fingerprint density at radius 1 is 1.44 bits per heavy atom.